The highest BCUT2D eigenvalue weighted by Gasteiger charge is 2.21. The molecule has 1 aromatic rings. The number of rotatable bonds is 3. The van der Waals surface area contributed by atoms with Gasteiger partial charge in [0.05, 0.1) is 18.9 Å². The summed E-state index contributed by atoms with van der Waals surface area (Å²) in [4.78, 5) is 4.20. The van der Waals surface area contributed by atoms with Gasteiger partial charge in [-0.25, -0.2) is 0 Å². The van der Waals surface area contributed by atoms with Crippen molar-refractivity contribution in [2.45, 2.75) is 44.6 Å². The third kappa shape index (κ3) is 2.73. The normalized spacial score (nSPS) is 25.4. The van der Waals surface area contributed by atoms with E-state index >= 15 is 0 Å². The Balaban J connectivity index is 2.09. The van der Waals surface area contributed by atoms with Crippen molar-refractivity contribution >= 4 is 0 Å². The van der Waals surface area contributed by atoms with Gasteiger partial charge in [0.2, 0.25) is 0 Å². The maximum absolute atomic E-state index is 9.66. The number of nitrogens with zero attached hydrogens (tertiary/aromatic N) is 1. The molecule has 2 atom stereocenters. The molecule has 1 heterocycles. The third-order valence-corrected chi connectivity index (χ3v) is 3.16. The summed E-state index contributed by atoms with van der Waals surface area (Å²) in [5.74, 6) is 1.27. The molecule has 1 fully saturated rings. The largest absolute Gasteiger partial charge is 0.492 e. The molecule has 0 aromatic carbocycles. The van der Waals surface area contributed by atoms with Crippen LogP contribution in [-0.4, -0.2) is 22.8 Å². The van der Waals surface area contributed by atoms with Crippen molar-refractivity contribution in [2.24, 2.45) is 0 Å². The molecule has 1 N–H and O–H groups in total. The summed E-state index contributed by atoms with van der Waals surface area (Å²) in [5, 5.41) is 9.66. The van der Waals surface area contributed by atoms with Crippen molar-refractivity contribution in [1.29, 1.82) is 0 Å². The predicted octanol–water partition coefficient (Wildman–Crippen LogP) is 2.50. The lowest BCUT2D eigenvalue weighted by molar-refractivity contribution is 0.119. The topological polar surface area (TPSA) is 42.4 Å². The van der Waals surface area contributed by atoms with Gasteiger partial charge in [-0.3, -0.25) is 4.98 Å². The molecule has 0 amide bonds. The van der Waals surface area contributed by atoms with Crippen LogP contribution in [0.1, 0.15) is 44.1 Å². The van der Waals surface area contributed by atoms with Gasteiger partial charge in [-0.05, 0) is 43.7 Å². The number of pyridine rings is 1. The molecule has 88 valence electrons. The van der Waals surface area contributed by atoms with Crippen molar-refractivity contribution in [3.8, 4) is 5.75 Å². The van der Waals surface area contributed by atoms with Crippen LogP contribution in [0.2, 0.25) is 0 Å². The SMILES string of the molecule is CCOc1cncc(C2CCCC(O)C2)c1. The van der Waals surface area contributed by atoms with E-state index in [4.69, 9.17) is 4.74 Å². The summed E-state index contributed by atoms with van der Waals surface area (Å²) in [6, 6.07) is 2.05. The Kier molecular flexibility index (Phi) is 3.78. The second kappa shape index (κ2) is 5.30. The van der Waals surface area contributed by atoms with E-state index in [2.05, 4.69) is 11.1 Å². The van der Waals surface area contributed by atoms with Gasteiger partial charge < -0.3 is 9.84 Å². The van der Waals surface area contributed by atoms with Crippen LogP contribution in [0.15, 0.2) is 18.5 Å². The standard InChI is InChI=1S/C13H19NO2/c1-2-16-13-7-11(8-14-9-13)10-4-3-5-12(15)6-10/h7-10,12,15H,2-6H2,1H3. The van der Waals surface area contributed by atoms with Crippen molar-refractivity contribution in [2.75, 3.05) is 6.61 Å². The first-order valence-corrected chi connectivity index (χ1v) is 6.05. The van der Waals surface area contributed by atoms with Crippen molar-refractivity contribution in [3.63, 3.8) is 0 Å². The molecule has 0 radical (unpaired) electrons. The maximum Gasteiger partial charge on any atom is 0.137 e. The molecule has 3 nitrogen and oxygen atoms in total. The van der Waals surface area contributed by atoms with Crippen LogP contribution in [0, 0.1) is 0 Å². The van der Waals surface area contributed by atoms with E-state index in [-0.39, 0.29) is 6.10 Å². The van der Waals surface area contributed by atoms with E-state index in [0.29, 0.717) is 12.5 Å². The fourth-order valence-electron chi connectivity index (χ4n) is 2.37. The van der Waals surface area contributed by atoms with Gasteiger partial charge in [0.25, 0.3) is 0 Å². The number of ether oxygens (including phenoxy) is 1. The molecule has 1 saturated carbocycles. The summed E-state index contributed by atoms with van der Waals surface area (Å²) < 4.78 is 5.44. The first-order valence-electron chi connectivity index (χ1n) is 6.05. The van der Waals surface area contributed by atoms with Gasteiger partial charge in [-0.2, -0.15) is 0 Å². The fourth-order valence-corrected chi connectivity index (χ4v) is 2.37. The van der Waals surface area contributed by atoms with Crippen molar-refractivity contribution < 1.29 is 9.84 Å². The molecule has 3 heteroatoms. The van der Waals surface area contributed by atoms with E-state index in [1.165, 1.54) is 5.56 Å². The molecule has 0 spiro atoms. The highest BCUT2D eigenvalue weighted by Crippen LogP contribution is 2.33. The Morgan fingerprint density at radius 3 is 3.06 bits per heavy atom. The lowest BCUT2D eigenvalue weighted by Crippen LogP contribution is -2.18. The monoisotopic (exact) mass is 221 g/mol. The van der Waals surface area contributed by atoms with E-state index in [9.17, 15) is 5.11 Å². The molecule has 0 aliphatic heterocycles. The summed E-state index contributed by atoms with van der Waals surface area (Å²) >= 11 is 0. The Morgan fingerprint density at radius 1 is 1.44 bits per heavy atom. The lowest BCUT2D eigenvalue weighted by Gasteiger charge is -2.26. The van der Waals surface area contributed by atoms with Crippen LogP contribution in [0.3, 0.4) is 0 Å². The second-order valence-corrected chi connectivity index (χ2v) is 4.40. The van der Waals surface area contributed by atoms with Gasteiger partial charge in [0, 0.05) is 6.20 Å². The minimum Gasteiger partial charge on any atom is -0.492 e. The van der Waals surface area contributed by atoms with Crippen LogP contribution in [0.5, 0.6) is 5.75 Å². The first kappa shape index (κ1) is 11.4. The minimum atomic E-state index is -0.144. The van der Waals surface area contributed by atoms with Gasteiger partial charge in [-0.15, -0.1) is 0 Å². The van der Waals surface area contributed by atoms with Gasteiger partial charge >= 0.3 is 0 Å². The molecular weight excluding hydrogens is 202 g/mol. The molecule has 2 unspecified atom stereocenters. The van der Waals surface area contributed by atoms with Gasteiger partial charge in [0.1, 0.15) is 5.75 Å². The maximum atomic E-state index is 9.66. The molecule has 0 saturated heterocycles. The van der Waals surface area contributed by atoms with Gasteiger partial charge in [-0.1, -0.05) is 6.42 Å². The highest BCUT2D eigenvalue weighted by atomic mass is 16.5. The Bertz CT molecular complexity index is 340. The highest BCUT2D eigenvalue weighted by molar-refractivity contribution is 5.26. The second-order valence-electron chi connectivity index (χ2n) is 4.40. The number of hydrogen-bond donors (Lipinski definition) is 1. The van der Waals surface area contributed by atoms with E-state index < -0.39 is 0 Å². The number of hydrogen-bond acceptors (Lipinski definition) is 3. The number of aromatic nitrogens is 1. The Morgan fingerprint density at radius 2 is 2.31 bits per heavy atom. The zero-order chi connectivity index (χ0) is 11.4. The van der Waals surface area contributed by atoms with Crippen LogP contribution in [0.25, 0.3) is 0 Å². The molecular formula is C13H19NO2. The summed E-state index contributed by atoms with van der Waals surface area (Å²) in [5.41, 5.74) is 1.20. The predicted molar refractivity (Wildman–Crippen MR) is 62.6 cm³/mol. The Labute approximate surface area is 96.5 Å². The van der Waals surface area contributed by atoms with Gasteiger partial charge in [0.15, 0.2) is 0 Å². The van der Waals surface area contributed by atoms with E-state index in [0.717, 1.165) is 31.4 Å². The smallest absolute Gasteiger partial charge is 0.137 e. The average molecular weight is 221 g/mol. The molecule has 0 bridgehead atoms. The van der Waals surface area contributed by atoms with Crippen molar-refractivity contribution in [3.05, 3.63) is 24.0 Å². The van der Waals surface area contributed by atoms with Crippen LogP contribution >= 0.6 is 0 Å². The minimum absolute atomic E-state index is 0.144. The molecule has 2 rings (SSSR count). The Hall–Kier alpha value is -1.09. The first-order chi connectivity index (χ1) is 7.79. The van der Waals surface area contributed by atoms with E-state index in [1.54, 1.807) is 6.20 Å². The number of aliphatic hydroxyl groups excluding tert-OH is 1. The van der Waals surface area contributed by atoms with E-state index in [1.807, 2.05) is 13.1 Å². The molecule has 1 aliphatic rings. The molecule has 1 aromatic heterocycles. The quantitative estimate of drug-likeness (QED) is 0.852. The lowest BCUT2D eigenvalue weighted by atomic mass is 9.83. The average Bonchev–Trinajstić information content (AvgIpc) is 2.30. The van der Waals surface area contributed by atoms with Crippen LogP contribution in [0.4, 0.5) is 0 Å². The zero-order valence-corrected chi connectivity index (χ0v) is 9.72. The zero-order valence-electron chi connectivity index (χ0n) is 9.72. The van der Waals surface area contributed by atoms with Crippen LogP contribution in [-0.2, 0) is 0 Å². The summed E-state index contributed by atoms with van der Waals surface area (Å²) in [6.07, 6.45) is 7.54. The molecule has 1 aliphatic carbocycles. The molecule has 16 heavy (non-hydrogen) atoms. The van der Waals surface area contributed by atoms with Crippen molar-refractivity contribution in [1.82, 2.24) is 4.98 Å². The summed E-state index contributed by atoms with van der Waals surface area (Å²) in [6.45, 7) is 2.63. The van der Waals surface area contributed by atoms with Crippen LogP contribution < -0.4 is 4.74 Å². The third-order valence-electron chi connectivity index (χ3n) is 3.16. The summed E-state index contributed by atoms with van der Waals surface area (Å²) in [7, 11) is 0. The fraction of sp³-hybridized carbons (Fsp3) is 0.615. The number of aliphatic hydroxyl groups is 1.